The van der Waals surface area contributed by atoms with Crippen LogP contribution in [0.25, 0.3) is 32.4 Å². The number of nitro benzene ring substituents is 1. The van der Waals surface area contributed by atoms with Crippen molar-refractivity contribution in [2.24, 2.45) is 0 Å². The van der Waals surface area contributed by atoms with E-state index in [9.17, 15) is 19.7 Å². The molecule has 0 aliphatic heterocycles. The van der Waals surface area contributed by atoms with Gasteiger partial charge in [0.1, 0.15) is 0 Å². The summed E-state index contributed by atoms with van der Waals surface area (Å²) in [5.41, 5.74) is 2.70. The van der Waals surface area contributed by atoms with E-state index >= 15 is 0 Å². The van der Waals surface area contributed by atoms with E-state index in [1.54, 1.807) is 48.8 Å². The number of nitrogens with one attached hydrogen (secondary N) is 1. The lowest BCUT2D eigenvalue weighted by molar-refractivity contribution is -0.384. The zero-order valence-electron chi connectivity index (χ0n) is 17.9. The second-order valence-corrected chi connectivity index (χ2v) is 8.39. The van der Waals surface area contributed by atoms with Crippen molar-refractivity contribution >= 4 is 55.2 Å². The molecule has 0 fully saturated rings. The van der Waals surface area contributed by atoms with Gasteiger partial charge in [-0.3, -0.25) is 25.2 Å². The zero-order valence-corrected chi connectivity index (χ0v) is 18.7. The third-order valence-corrected chi connectivity index (χ3v) is 6.01. The summed E-state index contributed by atoms with van der Waals surface area (Å²) >= 11 is 1.09. The minimum Gasteiger partial charge on any atom is -0.452 e. The fraction of sp³-hybridized carbons (Fsp3) is 0.0417. The Labute approximate surface area is 201 Å². The molecule has 0 spiro atoms. The lowest BCUT2D eigenvalue weighted by atomic mass is 10.0. The van der Waals surface area contributed by atoms with Gasteiger partial charge in [0, 0.05) is 35.5 Å². The van der Waals surface area contributed by atoms with Gasteiger partial charge >= 0.3 is 5.97 Å². The van der Waals surface area contributed by atoms with Gasteiger partial charge in [0.15, 0.2) is 11.7 Å². The molecule has 0 unspecified atom stereocenters. The molecule has 2 aromatic carbocycles. The fourth-order valence-electron chi connectivity index (χ4n) is 3.46. The standard InChI is InChI=1S/C24H15N5O5S/c30-22(28-24-27-19-6-5-15(29(32)33)11-21(19)35-24)13-34-23(31)17-12-20(14-7-9-25-10-8-14)26-18-4-2-1-3-16(17)18/h1-12H,13H2,(H,27,28,30). The molecule has 1 N–H and O–H groups in total. The molecule has 172 valence electrons. The number of hydrogen-bond acceptors (Lipinski definition) is 9. The van der Waals surface area contributed by atoms with E-state index < -0.39 is 23.4 Å². The van der Waals surface area contributed by atoms with Crippen LogP contribution in [0.15, 0.2) is 73.1 Å². The highest BCUT2D eigenvalue weighted by molar-refractivity contribution is 7.22. The largest absolute Gasteiger partial charge is 0.452 e. The Hall–Kier alpha value is -4.77. The summed E-state index contributed by atoms with van der Waals surface area (Å²) in [4.78, 5) is 48.6. The molecule has 5 aromatic rings. The molecule has 3 heterocycles. The smallest absolute Gasteiger partial charge is 0.339 e. The zero-order chi connectivity index (χ0) is 24.4. The third-order valence-electron chi connectivity index (χ3n) is 5.08. The minimum absolute atomic E-state index is 0.0660. The minimum atomic E-state index is -0.672. The topological polar surface area (TPSA) is 137 Å². The van der Waals surface area contributed by atoms with Crippen molar-refractivity contribution < 1.29 is 19.2 Å². The number of thiazole rings is 1. The highest BCUT2D eigenvalue weighted by Gasteiger charge is 2.18. The summed E-state index contributed by atoms with van der Waals surface area (Å²) in [5, 5.41) is 14.4. The number of amides is 1. The Morgan fingerprint density at radius 3 is 2.60 bits per heavy atom. The molecule has 0 bridgehead atoms. The molecule has 0 aliphatic carbocycles. The lowest BCUT2D eigenvalue weighted by Crippen LogP contribution is -2.21. The number of carbonyl (C=O) groups is 2. The van der Waals surface area contributed by atoms with Crippen molar-refractivity contribution in [1.82, 2.24) is 15.0 Å². The van der Waals surface area contributed by atoms with Crippen LogP contribution in [0.2, 0.25) is 0 Å². The number of nitro groups is 1. The number of ether oxygens (including phenoxy) is 1. The number of benzene rings is 2. The van der Waals surface area contributed by atoms with Crippen LogP contribution in [0, 0.1) is 10.1 Å². The number of fused-ring (bicyclic) bond motifs is 2. The number of non-ortho nitro benzene ring substituents is 1. The third kappa shape index (κ3) is 4.66. The Morgan fingerprint density at radius 2 is 1.80 bits per heavy atom. The first-order valence-corrected chi connectivity index (χ1v) is 11.1. The van der Waals surface area contributed by atoms with E-state index in [2.05, 4.69) is 20.3 Å². The quantitative estimate of drug-likeness (QED) is 0.209. The monoisotopic (exact) mass is 485 g/mol. The number of carbonyl (C=O) groups excluding carboxylic acids is 2. The van der Waals surface area contributed by atoms with Crippen molar-refractivity contribution in [3.8, 4) is 11.3 Å². The van der Waals surface area contributed by atoms with E-state index in [0.717, 1.165) is 16.9 Å². The number of para-hydroxylation sites is 1. The van der Waals surface area contributed by atoms with Crippen LogP contribution in [0.3, 0.4) is 0 Å². The first-order chi connectivity index (χ1) is 17.0. The molecule has 0 saturated heterocycles. The van der Waals surface area contributed by atoms with Gasteiger partial charge in [0.2, 0.25) is 0 Å². The Bertz CT molecular complexity index is 1600. The molecule has 0 aliphatic rings. The molecule has 5 rings (SSSR count). The van der Waals surface area contributed by atoms with Crippen molar-refractivity contribution in [2.45, 2.75) is 0 Å². The van der Waals surface area contributed by atoms with Gasteiger partial charge in [0.25, 0.3) is 11.6 Å². The van der Waals surface area contributed by atoms with Crippen LogP contribution >= 0.6 is 11.3 Å². The van der Waals surface area contributed by atoms with Gasteiger partial charge in [-0.2, -0.15) is 0 Å². The van der Waals surface area contributed by atoms with Crippen molar-refractivity contribution in [3.05, 3.63) is 88.7 Å². The Balaban J connectivity index is 1.33. The Kier molecular flexibility index (Phi) is 5.81. The summed E-state index contributed by atoms with van der Waals surface area (Å²) in [7, 11) is 0. The van der Waals surface area contributed by atoms with Crippen molar-refractivity contribution in [3.63, 3.8) is 0 Å². The maximum atomic E-state index is 12.9. The number of anilines is 1. The summed E-state index contributed by atoms with van der Waals surface area (Å²) in [5.74, 6) is -1.26. The van der Waals surface area contributed by atoms with Gasteiger partial charge in [-0.1, -0.05) is 29.5 Å². The van der Waals surface area contributed by atoms with Gasteiger partial charge in [-0.15, -0.1) is 0 Å². The second-order valence-electron chi connectivity index (χ2n) is 7.36. The fourth-order valence-corrected chi connectivity index (χ4v) is 4.37. The maximum Gasteiger partial charge on any atom is 0.339 e. The molecule has 0 saturated carbocycles. The highest BCUT2D eigenvalue weighted by atomic mass is 32.1. The number of hydrogen-bond donors (Lipinski definition) is 1. The SMILES string of the molecule is O=C(COC(=O)c1cc(-c2ccncc2)nc2ccccc12)Nc1nc2ccc([N+](=O)[O-])cc2s1. The van der Waals surface area contributed by atoms with Crippen LogP contribution in [0.5, 0.6) is 0 Å². The summed E-state index contributed by atoms with van der Waals surface area (Å²) < 4.78 is 5.84. The predicted molar refractivity (Wildman–Crippen MR) is 130 cm³/mol. The second kappa shape index (κ2) is 9.23. The molecule has 1 amide bonds. The van der Waals surface area contributed by atoms with E-state index in [0.29, 0.717) is 26.8 Å². The molecule has 10 nitrogen and oxygen atoms in total. The van der Waals surface area contributed by atoms with Gasteiger partial charge in [0.05, 0.1) is 31.9 Å². The lowest BCUT2D eigenvalue weighted by Gasteiger charge is -2.10. The van der Waals surface area contributed by atoms with E-state index in [1.807, 2.05) is 6.07 Å². The number of pyridine rings is 2. The number of nitrogens with zero attached hydrogens (tertiary/aromatic N) is 4. The Morgan fingerprint density at radius 1 is 1.00 bits per heavy atom. The van der Waals surface area contributed by atoms with Crippen LogP contribution in [-0.4, -0.2) is 38.4 Å². The average molecular weight is 485 g/mol. The van der Waals surface area contributed by atoms with Crippen LogP contribution in [0.1, 0.15) is 10.4 Å². The molecule has 3 aromatic heterocycles. The summed E-state index contributed by atoms with van der Waals surface area (Å²) in [6, 6.07) is 16.6. The van der Waals surface area contributed by atoms with Crippen LogP contribution in [0.4, 0.5) is 10.8 Å². The van der Waals surface area contributed by atoms with Crippen LogP contribution < -0.4 is 5.32 Å². The van der Waals surface area contributed by atoms with Crippen molar-refractivity contribution in [1.29, 1.82) is 0 Å². The van der Waals surface area contributed by atoms with E-state index in [-0.39, 0.29) is 16.4 Å². The number of rotatable bonds is 6. The van der Waals surface area contributed by atoms with Gasteiger partial charge < -0.3 is 4.74 Å². The summed E-state index contributed by atoms with van der Waals surface area (Å²) in [6.07, 6.45) is 3.27. The normalized spacial score (nSPS) is 10.9. The predicted octanol–water partition coefficient (Wildman–Crippen LogP) is 4.61. The molecule has 11 heteroatoms. The average Bonchev–Trinajstić information content (AvgIpc) is 3.28. The molecule has 0 radical (unpaired) electrons. The highest BCUT2D eigenvalue weighted by Crippen LogP contribution is 2.29. The van der Waals surface area contributed by atoms with E-state index in [1.165, 1.54) is 18.2 Å². The molecule has 35 heavy (non-hydrogen) atoms. The molecular weight excluding hydrogens is 470 g/mol. The maximum absolute atomic E-state index is 12.9. The molecule has 0 atom stereocenters. The number of esters is 1. The first-order valence-electron chi connectivity index (χ1n) is 10.3. The molecular formula is C24H15N5O5S. The van der Waals surface area contributed by atoms with Gasteiger partial charge in [-0.05, 0) is 30.3 Å². The number of aromatic nitrogens is 3. The summed E-state index contributed by atoms with van der Waals surface area (Å²) in [6.45, 7) is -0.532. The van der Waals surface area contributed by atoms with E-state index in [4.69, 9.17) is 4.74 Å². The van der Waals surface area contributed by atoms with Gasteiger partial charge in [-0.25, -0.2) is 14.8 Å². The van der Waals surface area contributed by atoms with Crippen LogP contribution in [-0.2, 0) is 9.53 Å². The first kappa shape index (κ1) is 22.0. The van der Waals surface area contributed by atoms with Crippen molar-refractivity contribution in [2.75, 3.05) is 11.9 Å².